The average Bonchev–Trinajstić information content (AvgIpc) is 2.72. The van der Waals surface area contributed by atoms with E-state index in [1.165, 1.54) is 0 Å². The van der Waals surface area contributed by atoms with Crippen LogP contribution in [0.25, 0.3) is 0 Å². The van der Waals surface area contributed by atoms with Crippen LogP contribution in [-0.2, 0) is 4.79 Å². The standard InChI is InChI=1S/C21H27N3O3/c1-2-22-15-17-10-13-24(14-11-17)21(25)16-26-18-6-8-19(9-7-18)27-20-5-3-4-12-23-20/h3-9,12,17,22H,2,10-11,13-16H2,1H3. The molecule has 3 rings (SSSR count). The second kappa shape index (κ2) is 9.92. The fourth-order valence-corrected chi connectivity index (χ4v) is 3.10. The van der Waals surface area contributed by atoms with Crippen molar-refractivity contribution in [3.63, 3.8) is 0 Å². The van der Waals surface area contributed by atoms with Crippen molar-refractivity contribution < 1.29 is 14.3 Å². The summed E-state index contributed by atoms with van der Waals surface area (Å²) in [5, 5.41) is 3.39. The van der Waals surface area contributed by atoms with E-state index in [2.05, 4.69) is 17.2 Å². The summed E-state index contributed by atoms with van der Waals surface area (Å²) in [6, 6.07) is 12.7. The van der Waals surface area contributed by atoms with Crippen LogP contribution >= 0.6 is 0 Å². The number of rotatable bonds is 8. The van der Waals surface area contributed by atoms with E-state index in [0.29, 0.717) is 23.3 Å². The van der Waals surface area contributed by atoms with Crippen molar-refractivity contribution in [1.82, 2.24) is 15.2 Å². The number of carbonyl (C=O) groups is 1. The maximum atomic E-state index is 12.4. The van der Waals surface area contributed by atoms with Crippen LogP contribution in [0, 0.1) is 5.92 Å². The lowest BCUT2D eigenvalue weighted by molar-refractivity contribution is -0.134. The Morgan fingerprint density at radius 1 is 1.15 bits per heavy atom. The predicted octanol–water partition coefficient (Wildman–Crippen LogP) is 3.10. The molecule has 1 aromatic carbocycles. The normalized spacial score (nSPS) is 14.8. The smallest absolute Gasteiger partial charge is 0.260 e. The summed E-state index contributed by atoms with van der Waals surface area (Å²) >= 11 is 0. The number of hydrogen-bond donors (Lipinski definition) is 1. The monoisotopic (exact) mass is 369 g/mol. The summed E-state index contributed by atoms with van der Waals surface area (Å²) in [5.74, 6) is 2.58. The number of hydrogen-bond acceptors (Lipinski definition) is 5. The Bertz CT molecular complexity index is 698. The van der Waals surface area contributed by atoms with Crippen LogP contribution in [0.4, 0.5) is 0 Å². The Morgan fingerprint density at radius 2 is 1.89 bits per heavy atom. The highest BCUT2D eigenvalue weighted by Gasteiger charge is 2.22. The van der Waals surface area contributed by atoms with Gasteiger partial charge in [0.25, 0.3) is 5.91 Å². The number of pyridine rings is 1. The van der Waals surface area contributed by atoms with E-state index < -0.39 is 0 Å². The first-order valence-corrected chi connectivity index (χ1v) is 9.55. The van der Waals surface area contributed by atoms with Gasteiger partial charge >= 0.3 is 0 Å². The number of benzene rings is 1. The Hall–Kier alpha value is -2.60. The van der Waals surface area contributed by atoms with E-state index in [-0.39, 0.29) is 12.5 Å². The van der Waals surface area contributed by atoms with Crippen molar-refractivity contribution in [2.24, 2.45) is 5.92 Å². The van der Waals surface area contributed by atoms with Gasteiger partial charge in [0.1, 0.15) is 11.5 Å². The molecule has 1 fully saturated rings. The fraction of sp³-hybridized carbons (Fsp3) is 0.429. The van der Waals surface area contributed by atoms with Crippen LogP contribution in [0.2, 0.25) is 0 Å². The third-order valence-electron chi connectivity index (χ3n) is 4.70. The summed E-state index contributed by atoms with van der Waals surface area (Å²) < 4.78 is 11.3. The lowest BCUT2D eigenvalue weighted by Gasteiger charge is -2.32. The largest absolute Gasteiger partial charge is 0.484 e. The highest BCUT2D eigenvalue weighted by molar-refractivity contribution is 5.77. The minimum absolute atomic E-state index is 0.0470. The molecule has 2 heterocycles. The number of carbonyl (C=O) groups excluding carboxylic acids is 1. The number of amides is 1. The molecule has 6 heteroatoms. The molecule has 0 aliphatic carbocycles. The van der Waals surface area contributed by atoms with Gasteiger partial charge < -0.3 is 19.7 Å². The van der Waals surface area contributed by atoms with Crippen LogP contribution in [-0.4, -0.2) is 48.6 Å². The van der Waals surface area contributed by atoms with Gasteiger partial charge in [0.15, 0.2) is 6.61 Å². The molecule has 2 aromatic rings. The first-order valence-electron chi connectivity index (χ1n) is 9.55. The van der Waals surface area contributed by atoms with Gasteiger partial charge in [-0.05, 0) is 62.2 Å². The molecule has 144 valence electrons. The van der Waals surface area contributed by atoms with E-state index in [9.17, 15) is 4.79 Å². The molecule has 1 aromatic heterocycles. The Balaban J connectivity index is 1.41. The summed E-state index contributed by atoms with van der Waals surface area (Å²) in [6.45, 7) is 5.86. The highest BCUT2D eigenvalue weighted by atomic mass is 16.5. The minimum Gasteiger partial charge on any atom is -0.484 e. The minimum atomic E-state index is 0.0470. The van der Waals surface area contributed by atoms with Gasteiger partial charge in [0.05, 0.1) is 0 Å². The van der Waals surface area contributed by atoms with Gasteiger partial charge in [-0.3, -0.25) is 4.79 Å². The first-order chi connectivity index (χ1) is 13.2. The molecule has 1 aliphatic heterocycles. The molecule has 1 saturated heterocycles. The molecule has 0 radical (unpaired) electrons. The van der Waals surface area contributed by atoms with Gasteiger partial charge in [0, 0.05) is 25.4 Å². The molecule has 27 heavy (non-hydrogen) atoms. The maximum Gasteiger partial charge on any atom is 0.260 e. The van der Waals surface area contributed by atoms with Crippen molar-refractivity contribution in [2.75, 3.05) is 32.8 Å². The van der Waals surface area contributed by atoms with Crippen molar-refractivity contribution in [3.05, 3.63) is 48.7 Å². The Kier molecular flexibility index (Phi) is 7.04. The molecule has 0 unspecified atom stereocenters. The summed E-state index contributed by atoms with van der Waals surface area (Å²) in [6.07, 6.45) is 3.79. The second-order valence-corrected chi connectivity index (χ2v) is 6.66. The topological polar surface area (TPSA) is 63.7 Å². The quantitative estimate of drug-likeness (QED) is 0.775. The zero-order valence-corrected chi connectivity index (χ0v) is 15.8. The summed E-state index contributed by atoms with van der Waals surface area (Å²) in [5.41, 5.74) is 0. The van der Waals surface area contributed by atoms with Gasteiger partial charge in [-0.25, -0.2) is 4.98 Å². The number of piperidine rings is 1. The first kappa shape index (κ1) is 19.2. The van der Waals surface area contributed by atoms with Crippen LogP contribution in [0.15, 0.2) is 48.7 Å². The van der Waals surface area contributed by atoms with Gasteiger partial charge in [-0.15, -0.1) is 0 Å². The van der Waals surface area contributed by atoms with E-state index in [1.54, 1.807) is 36.5 Å². The van der Waals surface area contributed by atoms with E-state index >= 15 is 0 Å². The molecule has 0 spiro atoms. The Morgan fingerprint density at radius 3 is 2.56 bits per heavy atom. The second-order valence-electron chi connectivity index (χ2n) is 6.66. The molecule has 1 amide bonds. The number of nitrogens with one attached hydrogen (secondary N) is 1. The van der Waals surface area contributed by atoms with Gasteiger partial charge in [-0.2, -0.15) is 0 Å². The lowest BCUT2D eigenvalue weighted by Crippen LogP contribution is -2.42. The SMILES string of the molecule is CCNCC1CCN(C(=O)COc2ccc(Oc3ccccn3)cc2)CC1. The van der Waals surface area contributed by atoms with E-state index in [4.69, 9.17) is 9.47 Å². The van der Waals surface area contributed by atoms with Gasteiger partial charge in [-0.1, -0.05) is 13.0 Å². The molecule has 1 aliphatic rings. The summed E-state index contributed by atoms with van der Waals surface area (Å²) in [7, 11) is 0. The zero-order chi connectivity index (χ0) is 18.9. The van der Waals surface area contributed by atoms with Gasteiger partial charge in [0.2, 0.25) is 5.88 Å². The number of ether oxygens (including phenoxy) is 2. The molecule has 6 nitrogen and oxygen atoms in total. The third kappa shape index (κ3) is 5.96. The third-order valence-corrected chi connectivity index (χ3v) is 4.70. The van der Waals surface area contributed by atoms with Crippen LogP contribution in [0.5, 0.6) is 17.4 Å². The van der Waals surface area contributed by atoms with E-state index in [1.807, 2.05) is 17.0 Å². The molecule has 0 saturated carbocycles. The van der Waals surface area contributed by atoms with Crippen molar-refractivity contribution in [2.45, 2.75) is 19.8 Å². The Labute approximate surface area is 160 Å². The molecular formula is C21H27N3O3. The summed E-state index contributed by atoms with van der Waals surface area (Å²) in [4.78, 5) is 18.4. The highest BCUT2D eigenvalue weighted by Crippen LogP contribution is 2.22. The van der Waals surface area contributed by atoms with Crippen molar-refractivity contribution in [3.8, 4) is 17.4 Å². The van der Waals surface area contributed by atoms with E-state index in [0.717, 1.165) is 39.0 Å². The zero-order valence-electron chi connectivity index (χ0n) is 15.8. The molecule has 0 bridgehead atoms. The predicted molar refractivity (Wildman–Crippen MR) is 104 cm³/mol. The molecule has 0 atom stereocenters. The molecule has 1 N–H and O–H groups in total. The fourth-order valence-electron chi connectivity index (χ4n) is 3.10. The van der Waals surface area contributed by atoms with Crippen molar-refractivity contribution >= 4 is 5.91 Å². The average molecular weight is 369 g/mol. The van der Waals surface area contributed by atoms with Crippen molar-refractivity contribution in [1.29, 1.82) is 0 Å². The van der Waals surface area contributed by atoms with Crippen LogP contribution in [0.1, 0.15) is 19.8 Å². The number of aromatic nitrogens is 1. The maximum absolute atomic E-state index is 12.4. The number of likely N-dealkylation sites (tertiary alicyclic amines) is 1. The lowest BCUT2D eigenvalue weighted by atomic mass is 9.97. The number of nitrogens with zero attached hydrogens (tertiary/aromatic N) is 2. The van der Waals surface area contributed by atoms with Crippen LogP contribution < -0.4 is 14.8 Å². The molecular weight excluding hydrogens is 342 g/mol. The van der Waals surface area contributed by atoms with Crippen LogP contribution in [0.3, 0.4) is 0 Å².